The zero-order valence-electron chi connectivity index (χ0n) is 10.2. The molecule has 0 aromatic carbocycles. The highest BCUT2D eigenvalue weighted by Gasteiger charge is 2.53. The van der Waals surface area contributed by atoms with E-state index in [-0.39, 0.29) is 24.4 Å². The topological polar surface area (TPSA) is 39.7 Å². The zero-order chi connectivity index (χ0) is 11.8. The Kier molecular flexibility index (Phi) is 3.35. The van der Waals surface area contributed by atoms with Gasteiger partial charge in [0.1, 0.15) is 12.2 Å². The van der Waals surface area contributed by atoms with Crippen LogP contribution in [0.3, 0.4) is 0 Å². The van der Waals surface area contributed by atoms with Gasteiger partial charge in [-0.2, -0.15) is 0 Å². The van der Waals surface area contributed by atoms with E-state index in [0.29, 0.717) is 0 Å². The van der Waals surface area contributed by atoms with Gasteiger partial charge in [-0.15, -0.1) is 6.58 Å². The molecule has 2 rings (SSSR count). The molecule has 2 fully saturated rings. The maximum atomic E-state index is 5.87. The summed E-state index contributed by atoms with van der Waals surface area (Å²) in [7, 11) is 0. The van der Waals surface area contributed by atoms with Crippen LogP contribution in [-0.4, -0.2) is 43.3 Å². The van der Waals surface area contributed by atoms with Crippen molar-refractivity contribution in [3.63, 3.8) is 0 Å². The Bertz CT molecular complexity index is 267. The third kappa shape index (κ3) is 2.30. The Labute approximate surface area is 96.9 Å². The summed E-state index contributed by atoms with van der Waals surface area (Å²) in [5.74, 6) is -0.482. The van der Waals surface area contributed by atoms with Crippen molar-refractivity contribution in [1.29, 1.82) is 0 Å². The number of fused-ring (bicyclic) bond motifs is 1. The van der Waals surface area contributed by atoms with Crippen LogP contribution in [0.2, 0.25) is 0 Å². The van der Waals surface area contributed by atoms with E-state index < -0.39 is 5.79 Å². The van der Waals surface area contributed by atoms with Gasteiger partial charge in [0.2, 0.25) is 0 Å². The Balaban J connectivity index is 1.93. The lowest BCUT2D eigenvalue weighted by molar-refractivity contribution is -0.184. The van der Waals surface area contributed by atoms with Gasteiger partial charge < -0.3 is 19.5 Å². The lowest BCUT2D eigenvalue weighted by Gasteiger charge is -2.23. The molecule has 2 saturated heterocycles. The predicted molar refractivity (Wildman–Crippen MR) is 61.2 cm³/mol. The van der Waals surface area contributed by atoms with Crippen LogP contribution < -0.4 is 5.32 Å². The maximum Gasteiger partial charge on any atom is 0.164 e. The average molecular weight is 227 g/mol. The third-order valence-electron chi connectivity index (χ3n) is 3.02. The Morgan fingerprint density at radius 3 is 2.69 bits per heavy atom. The highest BCUT2D eigenvalue weighted by atomic mass is 16.8. The van der Waals surface area contributed by atoms with E-state index >= 15 is 0 Å². The van der Waals surface area contributed by atoms with Crippen LogP contribution in [-0.2, 0) is 14.2 Å². The van der Waals surface area contributed by atoms with Crippen LogP contribution in [0.4, 0.5) is 0 Å². The molecule has 92 valence electrons. The maximum absolute atomic E-state index is 5.87. The summed E-state index contributed by atoms with van der Waals surface area (Å²) in [5, 5.41) is 3.26. The van der Waals surface area contributed by atoms with Gasteiger partial charge in [-0.3, -0.25) is 0 Å². The molecule has 0 aromatic heterocycles. The quantitative estimate of drug-likeness (QED) is 0.576. The van der Waals surface area contributed by atoms with Crippen molar-refractivity contribution in [3.05, 3.63) is 12.7 Å². The zero-order valence-corrected chi connectivity index (χ0v) is 10.2. The fraction of sp³-hybridized carbons (Fsp3) is 0.833. The molecule has 4 heteroatoms. The monoisotopic (exact) mass is 227 g/mol. The van der Waals surface area contributed by atoms with E-state index in [1.165, 1.54) is 0 Å². The van der Waals surface area contributed by atoms with Crippen molar-refractivity contribution < 1.29 is 14.2 Å². The second kappa shape index (κ2) is 4.45. The van der Waals surface area contributed by atoms with Crippen molar-refractivity contribution in [3.8, 4) is 0 Å². The van der Waals surface area contributed by atoms with E-state index in [1.54, 1.807) is 0 Å². The first kappa shape index (κ1) is 12.0. The molecular weight excluding hydrogens is 206 g/mol. The summed E-state index contributed by atoms with van der Waals surface area (Å²) < 4.78 is 17.5. The number of hydrogen-bond acceptors (Lipinski definition) is 4. The third-order valence-corrected chi connectivity index (χ3v) is 3.02. The van der Waals surface area contributed by atoms with Crippen LogP contribution in [0.25, 0.3) is 0 Å². The lowest BCUT2D eigenvalue weighted by atomic mass is 10.1. The molecule has 0 aromatic rings. The highest BCUT2D eigenvalue weighted by Crippen LogP contribution is 2.38. The summed E-state index contributed by atoms with van der Waals surface area (Å²) in [4.78, 5) is 0. The molecule has 1 N–H and O–H groups in total. The minimum absolute atomic E-state index is 0.0438. The Morgan fingerprint density at radius 1 is 1.31 bits per heavy atom. The number of ether oxygens (including phenoxy) is 3. The van der Waals surface area contributed by atoms with Gasteiger partial charge >= 0.3 is 0 Å². The summed E-state index contributed by atoms with van der Waals surface area (Å²) >= 11 is 0. The molecule has 2 aliphatic heterocycles. The fourth-order valence-corrected chi connectivity index (χ4v) is 2.39. The molecule has 2 aliphatic rings. The molecule has 4 nitrogen and oxygen atoms in total. The Hall–Kier alpha value is -0.420. The summed E-state index contributed by atoms with van der Waals surface area (Å²) in [6, 6.07) is 0. The van der Waals surface area contributed by atoms with Gasteiger partial charge in [-0.05, 0) is 20.8 Å². The van der Waals surface area contributed by atoms with Crippen LogP contribution in [0.15, 0.2) is 12.7 Å². The van der Waals surface area contributed by atoms with Gasteiger partial charge in [-0.1, -0.05) is 6.08 Å². The van der Waals surface area contributed by atoms with Crippen LogP contribution in [0, 0.1) is 0 Å². The van der Waals surface area contributed by atoms with E-state index in [0.717, 1.165) is 13.1 Å². The summed E-state index contributed by atoms with van der Waals surface area (Å²) in [6.45, 7) is 11.2. The first-order chi connectivity index (χ1) is 7.53. The second-order valence-corrected chi connectivity index (χ2v) is 4.89. The number of rotatable bonds is 4. The van der Waals surface area contributed by atoms with Gasteiger partial charge in [0, 0.05) is 13.1 Å². The van der Waals surface area contributed by atoms with Gasteiger partial charge in [-0.25, -0.2) is 0 Å². The molecule has 0 amide bonds. The van der Waals surface area contributed by atoms with Crippen molar-refractivity contribution in [2.75, 3.05) is 13.1 Å². The number of nitrogens with one attached hydrogen (secondary N) is 1. The molecular formula is C12H21NO3. The van der Waals surface area contributed by atoms with Crippen LogP contribution in [0.1, 0.15) is 20.8 Å². The summed E-state index contributed by atoms with van der Waals surface area (Å²) in [6.07, 6.45) is 2.11. The van der Waals surface area contributed by atoms with Crippen molar-refractivity contribution in [2.24, 2.45) is 0 Å². The van der Waals surface area contributed by atoms with Crippen molar-refractivity contribution in [1.82, 2.24) is 5.32 Å². The second-order valence-electron chi connectivity index (χ2n) is 4.89. The van der Waals surface area contributed by atoms with Gasteiger partial charge in [0.15, 0.2) is 5.79 Å². The first-order valence-electron chi connectivity index (χ1n) is 5.86. The SMILES string of the molecule is C=CCNCC1OC(C)C2OC(C)(C)OC12. The van der Waals surface area contributed by atoms with E-state index in [9.17, 15) is 0 Å². The smallest absolute Gasteiger partial charge is 0.164 e. The van der Waals surface area contributed by atoms with E-state index in [2.05, 4.69) is 11.9 Å². The van der Waals surface area contributed by atoms with Crippen molar-refractivity contribution in [2.45, 2.75) is 51.0 Å². The summed E-state index contributed by atoms with van der Waals surface area (Å²) in [5.41, 5.74) is 0. The fourth-order valence-electron chi connectivity index (χ4n) is 2.39. The molecule has 2 heterocycles. The van der Waals surface area contributed by atoms with Crippen LogP contribution >= 0.6 is 0 Å². The molecule has 0 aliphatic carbocycles. The molecule has 16 heavy (non-hydrogen) atoms. The minimum Gasteiger partial charge on any atom is -0.368 e. The number of hydrogen-bond donors (Lipinski definition) is 1. The predicted octanol–water partition coefficient (Wildman–Crippen LogP) is 1.07. The van der Waals surface area contributed by atoms with E-state index in [4.69, 9.17) is 14.2 Å². The molecule has 0 bridgehead atoms. The van der Waals surface area contributed by atoms with E-state index in [1.807, 2.05) is 26.8 Å². The largest absolute Gasteiger partial charge is 0.368 e. The first-order valence-corrected chi connectivity index (χ1v) is 5.86. The lowest BCUT2D eigenvalue weighted by Crippen LogP contribution is -2.37. The molecule has 4 unspecified atom stereocenters. The molecule has 0 saturated carbocycles. The molecule has 0 radical (unpaired) electrons. The minimum atomic E-state index is -0.482. The molecule has 4 atom stereocenters. The standard InChI is InChI=1S/C12H21NO3/c1-5-6-13-7-9-11-10(8(2)14-9)15-12(3,4)16-11/h5,8-11,13H,1,6-7H2,2-4H3. The van der Waals surface area contributed by atoms with Gasteiger partial charge in [0.05, 0.1) is 12.2 Å². The van der Waals surface area contributed by atoms with Crippen molar-refractivity contribution >= 4 is 0 Å². The van der Waals surface area contributed by atoms with Gasteiger partial charge in [0.25, 0.3) is 0 Å². The molecule has 0 spiro atoms. The highest BCUT2D eigenvalue weighted by molar-refractivity contribution is 4.97. The van der Waals surface area contributed by atoms with Crippen LogP contribution in [0.5, 0.6) is 0 Å². The Morgan fingerprint density at radius 2 is 2.00 bits per heavy atom. The normalized spacial score (nSPS) is 40.9. The average Bonchev–Trinajstić information content (AvgIpc) is 2.64.